The summed E-state index contributed by atoms with van der Waals surface area (Å²) in [6.07, 6.45) is 5.33. The number of pyridine rings is 2. The number of nitrogens with one attached hydrogen (secondary N) is 3. The number of anilines is 2. The minimum atomic E-state index is -0.591. The van der Waals surface area contributed by atoms with E-state index in [1.165, 1.54) is 17.8 Å². The molecule has 4 unspecified atom stereocenters. The maximum absolute atomic E-state index is 13.5. The molecule has 2 aliphatic heterocycles. The van der Waals surface area contributed by atoms with Crippen LogP contribution in [0.5, 0.6) is 11.6 Å². The van der Waals surface area contributed by atoms with Gasteiger partial charge >= 0.3 is 6.03 Å². The highest BCUT2D eigenvalue weighted by molar-refractivity contribution is 8.01. The number of carbonyl (C=O) groups excluding carboxylic acids is 3. The van der Waals surface area contributed by atoms with Gasteiger partial charge in [-0.25, -0.2) is 14.8 Å². The Kier molecular flexibility index (Phi) is 6.89. The average molecular weight is 557 g/mol. The van der Waals surface area contributed by atoms with Gasteiger partial charge in [-0.05, 0) is 56.5 Å². The minimum absolute atomic E-state index is 0.155. The van der Waals surface area contributed by atoms with Gasteiger partial charge in [0.2, 0.25) is 17.7 Å². The Morgan fingerprint density at radius 3 is 2.62 bits per heavy atom. The first-order valence-electron chi connectivity index (χ1n) is 13.1. The first-order chi connectivity index (χ1) is 19.4. The third kappa shape index (κ3) is 4.77. The quantitative estimate of drug-likeness (QED) is 0.371. The van der Waals surface area contributed by atoms with E-state index < -0.39 is 11.3 Å². The third-order valence-electron chi connectivity index (χ3n) is 7.36. The molecular weight excluding hydrogens is 528 g/mol. The van der Waals surface area contributed by atoms with Crippen molar-refractivity contribution in [1.29, 1.82) is 0 Å². The number of aryl methyl sites for hydroxylation is 1. The monoisotopic (exact) mass is 556 g/mol. The second-order valence-corrected chi connectivity index (χ2v) is 11.0. The minimum Gasteiger partial charge on any atom is -0.439 e. The molecule has 3 N–H and O–H groups in total. The molecule has 0 bridgehead atoms. The summed E-state index contributed by atoms with van der Waals surface area (Å²) < 4.78 is 5.86. The largest absolute Gasteiger partial charge is 0.439 e. The SMILES string of the molecule is C=CC(=O)NC1CCCC1NC(=O)C1Sc2nccc3c2C1NC(=O)N3c1ccc(Oc2ccccc2)nc1C. The van der Waals surface area contributed by atoms with Crippen LogP contribution in [0.3, 0.4) is 0 Å². The summed E-state index contributed by atoms with van der Waals surface area (Å²) in [4.78, 5) is 49.5. The van der Waals surface area contributed by atoms with E-state index in [-0.39, 0.29) is 29.9 Å². The van der Waals surface area contributed by atoms with Crippen molar-refractivity contribution in [1.82, 2.24) is 25.9 Å². The molecule has 3 aliphatic rings. The summed E-state index contributed by atoms with van der Waals surface area (Å²) in [6.45, 7) is 5.33. The molecule has 11 heteroatoms. The summed E-state index contributed by atoms with van der Waals surface area (Å²) in [7, 11) is 0. The van der Waals surface area contributed by atoms with E-state index in [1.807, 2.05) is 37.3 Å². The van der Waals surface area contributed by atoms with Gasteiger partial charge in [0.25, 0.3) is 0 Å². The molecule has 4 atom stereocenters. The molecule has 1 aliphatic carbocycles. The number of thioether (sulfide) groups is 1. The molecule has 3 aromatic rings. The maximum Gasteiger partial charge on any atom is 0.327 e. The van der Waals surface area contributed by atoms with Crippen LogP contribution in [-0.4, -0.2) is 45.1 Å². The molecular formula is C29H28N6O4S. The molecule has 10 nitrogen and oxygen atoms in total. The van der Waals surface area contributed by atoms with Crippen molar-refractivity contribution < 1.29 is 19.1 Å². The molecule has 0 spiro atoms. The fraction of sp³-hybridized carbons (Fsp3) is 0.276. The predicted molar refractivity (Wildman–Crippen MR) is 151 cm³/mol. The molecule has 4 amide bonds. The number of benzene rings is 1. The van der Waals surface area contributed by atoms with E-state index >= 15 is 0 Å². The van der Waals surface area contributed by atoms with Gasteiger partial charge in [0.05, 0.1) is 23.1 Å². The lowest BCUT2D eigenvalue weighted by Gasteiger charge is -2.35. The second kappa shape index (κ2) is 10.6. The topological polar surface area (TPSA) is 126 Å². The highest BCUT2D eigenvalue weighted by Gasteiger charge is 2.47. The highest BCUT2D eigenvalue weighted by atomic mass is 32.2. The summed E-state index contributed by atoms with van der Waals surface area (Å²) in [5.41, 5.74) is 2.69. The van der Waals surface area contributed by atoms with Gasteiger partial charge in [-0.15, -0.1) is 0 Å². The third-order valence-corrected chi connectivity index (χ3v) is 8.65. The van der Waals surface area contributed by atoms with Crippen LogP contribution in [0.4, 0.5) is 16.2 Å². The van der Waals surface area contributed by atoms with Crippen molar-refractivity contribution in [3.63, 3.8) is 0 Å². The van der Waals surface area contributed by atoms with E-state index in [9.17, 15) is 14.4 Å². The number of nitrogens with zero attached hydrogens (tertiary/aromatic N) is 3. The lowest BCUT2D eigenvalue weighted by Crippen LogP contribution is -2.53. The molecule has 6 rings (SSSR count). The molecule has 4 heterocycles. The van der Waals surface area contributed by atoms with Gasteiger partial charge in [0.15, 0.2) is 0 Å². The van der Waals surface area contributed by atoms with Crippen LogP contribution in [0.15, 0.2) is 72.4 Å². The van der Waals surface area contributed by atoms with Crippen molar-refractivity contribution in [2.45, 2.75) is 54.6 Å². The predicted octanol–water partition coefficient (Wildman–Crippen LogP) is 4.29. The van der Waals surface area contributed by atoms with Crippen LogP contribution in [0, 0.1) is 6.92 Å². The van der Waals surface area contributed by atoms with Crippen molar-refractivity contribution in [3.8, 4) is 11.6 Å². The number of aromatic nitrogens is 2. The fourth-order valence-corrected chi connectivity index (χ4v) is 6.75. The van der Waals surface area contributed by atoms with Crippen molar-refractivity contribution in [3.05, 3.63) is 78.6 Å². The first-order valence-corrected chi connectivity index (χ1v) is 14.0. The molecule has 0 saturated heterocycles. The smallest absolute Gasteiger partial charge is 0.327 e. The molecule has 0 radical (unpaired) electrons. The highest BCUT2D eigenvalue weighted by Crippen LogP contribution is 2.51. The Labute approximate surface area is 235 Å². The molecule has 2 aromatic heterocycles. The van der Waals surface area contributed by atoms with E-state index in [0.29, 0.717) is 33.7 Å². The number of amides is 4. The number of urea groups is 1. The Hall–Kier alpha value is -4.38. The number of rotatable bonds is 7. The van der Waals surface area contributed by atoms with E-state index in [2.05, 4.69) is 32.5 Å². The average Bonchev–Trinajstić information content (AvgIpc) is 3.55. The summed E-state index contributed by atoms with van der Waals surface area (Å²) in [5, 5.41) is 9.16. The number of ether oxygens (including phenoxy) is 1. The van der Waals surface area contributed by atoms with Crippen molar-refractivity contribution in [2.24, 2.45) is 0 Å². The van der Waals surface area contributed by atoms with Gasteiger partial charge in [-0.3, -0.25) is 14.5 Å². The van der Waals surface area contributed by atoms with Gasteiger partial charge in [-0.1, -0.05) is 36.5 Å². The first kappa shape index (κ1) is 25.9. The van der Waals surface area contributed by atoms with Crippen LogP contribution in [-0.2, 0) is 9.59 Å². The lowest BCUT2D eigenvalue weighted by molar-refractivity contribution is -0.122. The van der Waals surface area contributed by atoms with Gasteiger partial charge in [0, 0.05) is 29.9 Å². The van der Waals surface area contributed by atoms with E-state index in [0.717, 1.165) is 24.8 Å². The lowest BCUT2D eigenvalue weighted by atomic mass is 9.99. The van der Waals surface area contributed by atoms with Crippen LogP contribution in [0.2, 0.25) is 0 Å². The van der Waals surface area contributed by atoms with Crippen LogP contribution in [0.25, 0.3) is 0 Å². The maximum atomic E-state index is 13.5. The number of hydrogen-bond acceptors (Lipinski definition) is 7. The molecule has 1 saturated carbocycles. The molecule has 1 fully saturated rings. The fourth-order valence-electron chi connectivity index (χ4n) is 5.51. The summed E-state index contributed by atoms with van der Waals surface area (Å²) in [6, 6.07) is 13.4. The van der Waals surface area contributed by atoms with E-state index in [4.69, 9.17) is 4.74 Å². The Bertz CT molecular complexity index is 1500. The zero-order valence-corrected chi connectivity index (χ0v) is 22.6. The van der Waals surface area contributed by atoms with Crippen LogP contribution < -0.4 is 25.6 Å². The number of hydrogen-bond donors (Lipinski definition) is 3. The van der Waals surface area contributed by atoms with Gasteiger partial charge < -0.3 is 20.7 Å². The van der Waals surface area contributed by atoms with Crippen molar-refractivity contribution >= 4 is 41.0 Å². The Balaban J connectivity index is 1.23. The summed E-state index contributed by atoms with van der Waals surface area (Å²) in [5.74, 6) is 0.634. The van der Waals surface area contributed by atoms with Gasteiger partial charge in [0.1, 0.15) is 16.0 Å². The normalized spacial score (nSPS) is 22.7. The standard InChI is InChI=1S/C29H28N6O4S/c1-3-22(36)32-18-10-7-11-19(18)33-27(37)26-25-24-21(14-15-30-28(24)40-26)35(29(38)34-25)20-12-13-23(31-16(20)2)39-17-8-5-4-6-9-17/h3-6,8-9,12-15,18-19,25-26H,1,7,10-11H2,2H3,(H,32,36)(H,33,37)(H,34,38). The Morgan fingerprint density at radius 2 is 1.88 bits per heavy atom. The molecule has 204 valence electrons. The zero-order chi connectivity index (χ0) is 27.8. The van der Waals surface area contributed by atoms with E-state index in [1.54, 1.807) is 29.3 Å². The zero-order valence-electron chi connectivity index (χ0n) is 21.8. The number of para-hydroxylation sites is 1. The van der Waals surface area contributed by atoms with Gasteiger partial charge in [-0.2, -0.15) is 0 Å². The van der Waals surface area contributed by atoms with Crippen LogP contribution in [0.1, 0.15) is 36.6 Å². The molecule has 40 heavy (non-hydrogen) atoms. The summed E-state index contributed by atoms with van der Waals surface area (Å²) >= 11 is 1.34. The number of carbonyl (C=O) groups is 3. The van der Waals surface area contributed by atoms with Crippen LogP contribution >= 0.6 is 11.8 Å². The second-order valence-electron chi connectivity index (χ2n) is 9.88. The van der Waals surface area contributed by atoms with Crippen molar-refractivity contribution in [2.75, 3.05) is 4.90 Å². The molecule has 1 aromatic carbocycles. The Morgan fingerprint density at radius 1 is 1.10 bits per heavy atom.